The lowest BCUT2D eigenvalue weighted by Crippen LogP contribution is -2.20. The first-order valence-corrected chi connectivity index (χ1v) is 11.2. The van der Waals surface area contributed by atoms with Crippen LogP contribution in [0.25, 0.3) is 17.1 Å². The predicted octanol–water partition coefficient (Wildman–Crippen LogP) is 5.79. The van der Waals surface area contributed by atoms with Gasteiger partial charge in [-0.25, -0.2) is 9.07 Å². The van der Waals surface area contributed by atoms with Crippen molar-refractivity contribution in [3.05, 3.63) is 82.6 Å². The number of ether oxygens (including phenoxy) is 1. The van der Waals surface area contributed by atoms with Gasteiger partial charge in [0.15, 0.2) is 5.82 Å². The van der Waals surface area contributed by atoms with Crippen molar-refractivity contribution in [1.82, 2.24) is 19.3 Å². The molecule has 0 spiro atoms. The van der Waals surface area contributed by atoms with Crippen LogP contribution in [0.4, 0.5) is 10.1 Å². The minimum Gasteiger partial charge on any atom is -0.496 e. The summed E-state index contributed by atoms with van der Waals surface area (Å²) >= 11 is 11.9. The lowest BCUT2D eigenvalue weighted by Gasteiger charge is -2.18. The van der Waals surface area contributed by atoms with E-state index in [0.717, 1.165) is 24.3 Å². The van der Waals surface area contributed by atoms with E-state index < -0.39 is 0 Å². The number of hydrogen-bond donors (Lipinski definition) is 0. The van der Waals surface area contributed by atoms with Crippen molar-refractivity contribution in [1.29, 1.82) is 0 Å². The Morgan fingerprint density at radius 2 is 1.82 bits per heavy atom. The lowest BCUT2D eigenvalue weighted by molar-refractivity contribution is 0.412. The number of rotatable bonds is 8. The minimum absolute atomic E-state index is 0.383. The lowest BCUT2D eigenvalue weighted by atomic mass is 10.1. The summed E-state index contributed by atoms with van der Waals surface area (Å²) in [4.78, 5) is 6.22. The highest BCUT2D eigenvalue weighted by Gasteiger charge is 2.18. The Balaban J connectivity index is 1.68. The Bertz CT molecular complexity index is 1290. The third-order valence-electron chi connectivity index (χ3n) is 5.30. The van der Waals surface area contributed by atoms with Gasteiger partial charge in [-0.15, -0.1) is 0 Å². The molecule has 0 radical (unpaired) electrons. The second-order valence-corrected chi connectivity index (χ2v) is 8.27. The molecule has 0 saturated heterocycles. The van der Waals surface area contributed by atoms with Gasteiger partial charge in [-0.3, -0.25) is 9.55 Å². The Kier molecular flexibility index (Phi) is 7.05. The molecule has 0 amide bonds. The molecule has 9 heteroatoms. The van der Waals surface area contributed by atoms with Crippen molar-refractivity contribution >= 4 is 29.5 Å². The molecule has 170 valence electrons. The monoisotopic (exact) mass is 483 g/mol. The molecule has 33 heavy (non-hydrogen) atoms. The summed E-state index contributed by atoms with van der Waals surface area (Å²) in [5.41, 5.74) is 2.55. The number of aryl methyl sites for hydroxylation is 1. The molecule has 0 aliphatic carbocycles. The summed E-state index contributed by atoms with van der Waals surface area (Å²) in [6, 6.07) is 15.7. The van der Waals surface area contributed by atoms with E-state index in [4.69, 9.17) is 33.7 Å². The number of benzene rings is 2. The van der Waals surface area contributed by atoms with Crippen LogP contribution in [-0.4, -0.2) is 40.0 Å². The smallest absolute Gasteiger partial charge is 0.202 e. The van der Waals surface area contributed by atoms with E-state index >= 15 is 0 Å². The Morgan fingerprint density at radius 1 is 1.09 bits per heavy atom. The first kappa shape index (κ1) is 22.9. The summed E-state index contributed by atoms with van der Waals surface area (Å²) in [6.07, 6.45) is 4.38. The maximum atomic E-state index is 13.8. The van der Waals surface area contributed by atoms with E-state index in [9.17, 15) is 4.39 Å². The summed E-state index contributed by atoms with van der Waals surface area (Å²) in [7, 11) is 3.54. The van der Waals surface area contributed by atoms with Crippen molar-refractivity contribution in [2.75, 3.05) is 25.6 Å². The van der Waals surface area contributed by atoms with Crippen molar-refractivity contribution in [3.63, 3.8) is 0 Å². The van der Waals surface area contributed by atoms with Crippen LogP contribution in [0.15, 0.2) is 67.0 Å². The van der Waals surface area contributed by atoms with Crippen LogP contribution in [0.1, 0.15) is 6.42 Å². The molecule has 2 heterocycles. The van der Waals surface area contributed by atoms with Gasteiger partial charge in [0.1, 0.15) is 11.6 Å². The number of pyridine rings is 1. The molecule has 2 aromatic heterocycles. The fraction of sp³-hybridized carbons (Fsp3) is 0.208. The molecule has 6 nitrogen and oxygen atoms in total. The highest BCUT2D eigenvalue weighted by Crippen LogP contribution is 2.32. The molecular weight excluding hydrogens is 461 g/mol. The van der Waals surface area contributed by atoms with Crippen LogP contribution < -0.4 is 9.64 Å². The number of nitrogens with zero attached hydrogens (tertiary/aromatic N) is 5. The van der Waals surface area contributed by atoms with E-state index in [1.54, 1.807) is 35.3 Å². The summed E-state index contributed by atoms with van der Waals surface area (Å²) < 4.78 is 23.4. The van der Waals surface area contributed by atoms with Crippen LogP contribution in [0.5, 0.6) is 5.75 Å². The van der Waals surface area contributed by atoms with Crippen molar-refractivity contribution in [3.8, 4) is 22.8 Å². The first-order chi connectivity index (χ1) is 16.0. The fourth-order valence-electron chi connectivity index (χ4n) is 3.59. The number of aromatic nitrogens is 4. The van der Waals surface area contributed by atoms with Crippen LogP contribution in [0.2, 0.25) is 5.02 Å². The molecule has 0 N–H and O–H groups in total. The van der Waals surface area contributed by atoms with Gasteiger partial charge in [0, 0.05) is 49.3 Å². The van der Waals surface area contributed by atoms with Gasteiger partial charge in [-0.1, -0.05) is 11.6 Å². The third-order valence-corrected chi connectivity index (χ3v) is 5.94. The zero-order valence-corrected chi connectivity index (χ0v) is 19.9. The molecule has 2 aromatic carbocycles. The molecule has 0 saturated carbocycles. The number of anilines is 1. The van der Waals surface area contributed by atoms with Gasteiger partial charge < -0.3 is 9.64 Å². The van der Waals surface area contributed by atoms with E-state index in [1.165, 1.54) is 19.2 Å². The quantitative estimate of drug-likeness (QED) is 0.297. The first-order valence-electron chi connectivity index (χ1n) is 10.4. The average molecular weight is 484 g/mol. The Morgan fingerprint density at radius 3 is 2.52 bits per heavy atom. The van der Waals surface area contributed by atoms with Gasteiger partial charge in [-0.05, 0) is 67.2 Å². The third kappa shape index (κ3) is 5.07. The average Bonchev–Trinajstić information content (AvgIpc) is 3.15. The van der Waals surface area contributed by atoms with Gasteiger partial charge in [-0.2, -0.15) is 5.10 Å². The van der Waals surface area contributed by atoms with Crippen molar-refractivity contribution in [2.24, 2.45) is 0 Å². The topological polar surface area (TPSA) is 48.1 Å². The SMILES string of the molecule is COc1cc(F)ccc1-c1nn(CCCN(C)c2ccncc2)c(=S)n1-c1ccc(Cl)cc1. The molecule has 0 fully saturated rings. The van der Waals surface area contributed by atoms with Crippen LogP contribution in [0, 0.1) is 10.6 Å². The zero-order chi connectivity index (χ0) is 23.4. The molecule has 4 rings (SSSR count). The zero-order valence-electron chi connectivity index (χ0n) is 18.3. The molecule has 0 aliphatic rings. The van der Waals surface area contributed by atoms with Crippen LogP contribution in [-0.2, 0) is 6.54 Å². The van der Waals surface area contributed by atoms with Crippen LogP contribution in [0.3, 0.4) is 0 Å². The maximum absolute atomic E-state index is 13.8. The largest absolute Gasteiger partial charge is 0.496 e. The number of methoxy groups -OCH3 is 1. The van der Waals surface area contributed by atoms with Gasteiger partial charge >= 0.3 is 0 Å². The van der Waals surface area contributed by atoms with Crippen molar-refractivity contribution in [2.45, 2.75) is 13.0 Å². The standard InChI is InChI=1S/C24H23ClFN5OS/c1-29(19-10-12-27-13-11-19)14-3-15-30-24(33)31(20-7-4-17(25)5-8-20)23(28-30)21-9-6-18(26)16-22(21)32-2/h4-13,16H,3,14-15H2,1-2H3. The molecule has 0 bridgehead atoms. The Hall–Kier alpha value is -3.23. The number of halogens is 2. The van der Waals surface area contributed by atoms with Gasteiger partial charge in [0.25, 0.3) is 0 Å². The highest BCUT2D eigenvalue weighted by atomic mass is 35.5. The summed E-state index contributed by atoms with van der Waals surface area (Å²) in [6.45, 7) is 1.43. The molecule has 0 aliphatic heterocycles. The predicted molar refractivity (Wildman–Crippen MR) is 131 cm³/mol. The van der Waals surface area contributed by atoms with E-state index in [0.29, 0.717) is 33.5 Å². The molecular formula is C24H23ClFN5OS. The molecule has 0 unspecified atom stereocenters. The molecule has 0 atom stereocenters. The maximum Gasteiger partial charge on any atom is 0.202 e. The van der Waals surface area contributed by atoms with E-state index in [2.05, 4.69) is 9.88 Å². The van der Waals surface area contributed by atoms with Crippen LogP contribution >= 0.6 is 23.8 Å². The Labute approximate surface area is 201 Å². The van der Waals surface area contributed by atoms with Crippen molar-refractivity contribution < 1.29 is 9.13 Å². The summed E-state index contributed by atoms with van der Waals surface area (Å²) in [5.74, 6) is 0.572. The second-order valence-electron chi connectivity index (χ2n) is 7.47. The van der Waals surface area contributed by atoms with Gasteiger partial charge in [0.05, 0.1) is 18.4 Å². The fourth-order valence-corrected chi connectivity index (χ4v) is 4.04. The van der Waals surface area contributed by atoms with Gasteiger partial charge in [0.2, 0.25) is 4.77 Å². The van der Waals surface area contributed by atoms with E-state index in [-0.39, 0.29) is 5.82 Å². The van der Waals surface area contributed by atoms with E-state index in [1.807, 2.05) is 35.9 Å². The highest BCUT2D eigenvalue weighted by molar-refractivity contribution is 7.71. The minimum atomic E-state index is -0.383. The number of hydrogen-bond acceptors (Lipinski definition) is 5. The summed E-state index contributed by atoms with van der Waals surface area (Å²) in [5, 5.41) is 5.42. The molecule has 4 aromatic rings. The second kappa shape index (κ2) is 10.1. The normalized spacial score (nSPS) is 10.9.